The smallest absolute Gasteiger partial charge is 0.250 e. The van der Waals surface area contributed by atoms with Gasteiger partial charge in [-0.15, -0.1) is 16.4 Å². The zero-order valence-electron chi connectivity index (χ0n) is 15.8. The second kappa shape index (κ2) is 6.82. The van der Waals surface area contributed by atoms with Crippen molar-refractivity contribution in [1.29, 1.82) is 0 Å². The van der Waals surface area contributed by atoms with Crippen molar-refractivity contribution in [1.82, 2.24) is 19.8 Å². The minimum atomic E-state index is -0.238. The fourth-order valence-corrected chi connectivity index (χ4v) is 4.07. The van der Waals surface area contributed by atoms with Gasteiger partial charge in [-0.05, 0) is 37.1 Å². The summed E-state index contributed by atoms with van der Waals surface area (Å²) in [6.07, 6.45) is 0.0912. The summed E-state index contributed by atoms with van der Waals surface area (Å²) in [4.78, 5) is 17.7. The molecule has 5 rings (SSSR count). The summed E-state index contributed by atoms with van der Waals surface area (Å²) in [5.74, 6) is 0.0387. The molecule has 0 unspecified atom stereocenters. The lowest BCUT2D eigenvalue weighted by Gasteiger charge is -2.01. The zero-order valence-corrected chi connectivity index (χ0v) is 16.7. The Morgan fingerprint density at radius 3 is 2.79 bits per heavy atom. The van der Waals surface area contributed by atoms with E-state index in [2.05, 4.69) is 20.6 Å². The van der Waals surface area contributed by atoms with Crippen LogP contribution in [0, 0.1) is 13.8 Å². The molecule has 0 aliphatic heterocycles. The molecule has 0 aliphatic carbocycles. The molecule has 0 aliphatic rings. The molecule has 3 aromatic heterocycles. The van der Waals surface area contributed by atoms with Gasteiger partial charge >= 0.3 is 0 Å². The molecule has 5 aromatic rings. The number of amides is 1. The van der Waals surface area contributed by atoms with Gasteiger partial charge in [0.25, 0.3) is 0 Å². The van der Waals surface area contributed by atoms with Gasteiger partial charge in [0.15, 0.2) is 5.58 Å². The molecule has 0 radical (unpaired) electrons. The number of carbonyl (C=O) groups excluding carboxylic acids is 1. The van der Waals surface area contributed by atoms with E-state index < -0.39 is 0 Å². The molecule has 7 nitrogen and oxygen atoms in total. The first-order valence-corrected chi connectivity index (χ1v) is 10.0. The van der Waals surface area contributed by atoms with E-state index in [-0.39, 0.29) is 18.3 Å². The first-order valence-electron chi connectivity index (χ1n) is 9.13. The van der Waals surface area contributed by atoms with Crippen molar-refractivity contribution in [2.75, 3.05) is 5.32 Å². The Bertz CT molecular complexity index is 1350. The number of rotatable bonds is 4. The van der Waals surface area contributed by atoms with E-state index in [1.807, 2.05) is 61.7 Å². The van der Waals surface area contributed by atoms with Crippen molar-refractivity contribution in [2.45, 2.75) is 20.3 Å². The Hall–Kier alpha value is -3.52. The molecule has 0 saturated heterocycles. The largest absolute Gasteiger partial charge is 0.356 e. The second-order valence-corrected chi connectivity index (χ2v) is 7.74. The Morgan fingerprint density at radius 1 is 1.17 bits per heavy atom. The van der Waals surface area contributed by atoms with Crippen LogP contribution in [-0.4, -0.2) is 25.7 Å². The topological polar surface area (TPSA) is 85.3 Å². The van der Waals surface area contributed by atoms with E-state index in [9.17, 15) is 4.79 Å². The predicted octanol–water partition coefficient (Wildman–Crippen LogP) is 4.40. The van der Waals surface area contributed by atoms with E-state index in [0.717, 1.165) is 32.7 Å². The molecule has 1 N–H and O–H groups in total. The molecule has 1 amide bonds. The average molecular weight is 403 g/mol. The number of anilines is 1. The minimum Gasteiger partial charge on any atom is -0.356 e. The molecule has 0 atom stereocenters. The van der Waals surface area contributed by atoms with E-state index in [4.69, 9.17) is 4.52 Å². The lowest BCUT2D eigenvalue weighted by molar-refractivity contribution is -0.115. The first kappa shape index (κ1) is 17.6. The number of nitrogens with zero attached hydrogens (tertiary/aromatic N) is 4. The van der Waals surface area contributed by atoms with Crippen molar-refractivity contribution < 1.29 is 9.32 Å². The number of aromatic nitrogens is 4. The zero-order chi connectivity index (χ0) is 20.0. The highest BCUT2D eigenvalue weighted by molar-refractivity contribution is 7.15. The van der Waals surface area contributed by atoms with Crippen molar-refractivity contribution >= 4 is 39.1 Å². The number of nitrogens with one attached hydrogen (secondary N) is 1. The maximum atomic E-state index is 12.6. The van der Waals surface area contributed by atoms with Crippen LogP contribution >= 0.6 is 11.3 Å². The highest BCUT2D eigenvalue weighted by atomic mass is 32.1. The summed E-state index contributed by atoms with van der Waals surface area (Å²) in [7, 11) is 0. The van der Waals surface area contributed by atoms with Crippen LogP contribution in [0.5, 0.6) is 0 Å². The Balaban J connectivity index is 1.38. The van der Waals surface area contributed by atoms with Crippen molar-refractivity contribution in [3.8, 4) is 11.3 Å². The SMILES string of the molecule is Cc1cc2onc(CC(=O)Nc3nc4scc(-c5ccccc5)n4n3)c2cc1C. The summed E-state index contributed by atoms with van der Waals surface area (Å²) >= 11 is 1.48. The highest BCUT2D eigenvalue weighted by Gasteiger charge is 2.17. The quantitative estimate of drug-likeness (QED) is 0.481. The lowest BCUT2D eigenvalue weighted by Crippen LogP contribution is -2.15. The number of carbonyl (C=O) groups is 1. The van der Waals surface area contributed by atoms with Crippen LogP contribution in [0.25, 0.3) is 27.2 Å². The third-order valence-electron chi connectivity index (χ3n) is 4.89. The van der Waals surface area contributed by atoms with Gasteiger partial charge in [0.2, 0.25) is 16.8 Å². The van der Waals surface area contributed by atoms with E-state index in [1.165, 1.54) is 11.3 Å². The number of fused-ring (bicyclic) bond motifs is 2. The lowest BCUT2D eigenvalue weighted by atomic mass is 10.1. The molecule has 0 saturated carbocycles. The third kappa shape index (κ3) is 3.17. The molecular formula is C21H17N5O2S. The van der Waals surface area contributed by atoms with E-state index >= 15 is 0 Å². The normalized spacial score (nSPS) is 11.4. The standard InChI is InChI=1S/C21H17N5O2S/c1-12-8-15-16(25-28-18(15)9-13(12)2)10-19(27)22-20-23-21-26(24-20)17(11-29-21)14-6-4-3-5-7-14/h3-9,11H,10H2,1-2H3,(H,22,24,27). The first-order chi connectivity index (χ1) is 14.1. The highest BCUT2D eigenvalue weighted by Crippen LogP contribution is 2.26. The molecule has 2 aromatic carbocycles. The van der Waals surface area contributed by atoms with Crippen LogP contribution in [0.1, 0.15) is 16.8 Å². The maximum absolute atomic E-state index is 12.6. The summed E-state index contributed by atoms with van der Waals surface area (Å²) in [5.41, 5.74) is 5.52. The van der Waals surface area contributed by atoms with Gasteiger partial charge in [0.1, 0.15) is 5.69 Å². The minimum absolute atomic E-state index is 0.0912. The Morgan fingerprint density at radius 2 is 1.97 bits per heavy atom. The fourth-order valence-electron chi connectivity index (χ4n) is 3.23. The van der Waals surface area contributed by atoms with Gasteiger partial charge in [0.05, 0.1) is 12.1 Å². The van der Waals surface area contributed by atoms with Crippen LogP contribution in [-0.2, 0) is 11.2 Å². The number of hydrogen-bond acceptors (Lipinski definition) is 6. The summed E-state index contributed by atoms with van der Waals surface area (Å²) < 4.78 is 7.12. The van der Waals surface area contributed by atoms with Crippen LogP contribution < -0.4 is 5.32 Å². The maximum Gasteiger partial charge on any atom is 0.250 e. The number of aryl methyl sites for hydroxylation is 2. The molecule has 0 fully saturated rings. The van der Waals surface area contributed by atoms with E-state index in [1.54, 1.807) is 4.52 Å². The molecule has 0 spiro atoms. The molecule has 144 valence electrons. The molecule has 8 heteroatoms. The van der Waals surface area contributed by atoms with Gasteiger partial charge in [0, 0.05) is 16.3 Å². The summed E-state index contributed by atoms with van der Waals surface area (Å²) in [5, 5.41) is 14.1. The molecule has 0 bridgehead atoms. The van der Waals surface area contributed by atoms with Gasteiger partial charge in [-0.3, -0.25) is 10.1 Å². The Kier molecular flexibility index (Phi) is 4.13. The number of benzene rings is 2. The molecule has 29 heavy (non-hydrogen) atoms. The average Bonchev–Trinajstić information content (AvgIpc) is 3.38. The monoisotopic (exact) mass is 403 g/mol. The van der Waals surface area contributed by atoms with E-state index in [0.29, 0.717) is 11.3 Å². The van der Waals surface area contributed by atoms with Crippen LogP contribution in [0.3, 0.4) is 0 Å². The van der Waals surface area contributed by atoms with Crippen LogP contribution in [0.15, 0.2) is 52.4 Å². The second-order valence-electron chi connectivity index (χ2n) is 6.90. The van der Waals surface area contributed by atoms with Crippen molar-refractivity contribution in [3.05, 3.63) is 64.7 Å². The number of thiazole rings is 1. The molecule has 3 heterocycles. The van der Waals surface area contributed by atoms with Gasteiger partial charge < -0.3 is 4.52 Å². The summed E-state index contributed by atoms with van der Waals surface area (Å²) in [6.45, 7) is 4.04. The molecular weight excluding hydrogens is 386 g/mol. The van der Waals surface area contributed by atoms with Crippen LogP contribution in [0.4, 0.5) is 5.95 Å². The number of hydrogen-bond donors (Lipinski definition) is 1. The fraction of sp³-hybridized carbons (Fsp3) is 0.143. The van der Waals surface area contributed by atoms with Gasteiger partial charge in [-0.25, -0.2) is 4.52 Å². The van der Waals surface area contributed by atoms with Crippen molar-refractivity contribution in [2.24, 2.45) is 0 Å². The van der Waals surface area contributed by atoms with Crippen LogP contribution in [0.2, 0.25) is 0 Å². The predicted molar refractivity (Wildman–Crippen MR) is 112 cm³/mol. The third-order valence-corrected chi connectivity index (χ3v) is 5.71. The summed E-state index contributed by atoms with van der Waals surface area (Å²) in [6, 6.07) is 13.9. The van der Waals surface area contributed by atoms with Crippen molar-refractivity contribution in [3.63, 3.8) is 0 Å². The Labute approximate surface area is 170 Å². The van der Waals surface area contributed by atoms with Gasteiger partial charge in [-0.1, -0.05) is 35.5 Å². The van der Waals surface area contributed by atoms with Gasteiger partial charge in [-0.2, -0.15) is 4.98 Å².